The molecule has 0 heterocycles. The highest BCUT2D eigenvalue weighted by Gasteiger charge is 2.48. The van der Waals surface area contributed by atoms with Crippen LogP contribution in [0.5, 0.6) is 0 Å². The lowest BCUT2D eigenvalue weighted by molar-refractivity contribution is -0.149. The summed E-state index contributed by atoms with van der Waals surface area (Å²) in [6.07, 6.45) is -0.258. The fourth-order valence-electron chi connectivity index (χ4n) is 1.69. The zero-order valence-corrected chi connectivity index (χ0v) is 13.2. The van der Waals surface area contributed by atoms with Crippen molar-refractivity contribution in [3.05, 3.63) is 35.9 Å². The van der Waals surface area contributed by atoms with E-state index in [0.29, 0.717) is 5.56 Å². The van der Waals surface area contributed by atoms with Crippen LogP contribution >= 0.6 is 15.9 Å². The molecule has 3 nitrogen and oxygen atoms in total. The molecule has 0 N–H and O–H groups in total. The van der Waals surface area contributed by atoms with Crippen LogP contribution in [0.1, 0.15) is 38.1 Å². The van der Waals surface area contributed by atoms with Crippen molar-refractivity contribution in [3.8, 4) is 0 Å². The van der Waals surface area contributed by atoms with Crippen molar-refractivity contribution in [1.82, 2.24) is 0 Å². The summed E-state index contributed by atoms with van der Waals surface area (Å²) in [4.78, 5) is 24.8. The number of carbonyl (C=O) groups is 2. The minimum absolute atomic E-state index is 0.216. The Balaban J connectivity index is 3.13. The van der Waals surface area contributed by atoms with Crippen molar-refractivity contribution in [1.29, 1.82) is 0 Å². The molecule has 0 radical (unpaired) electrons. The number of rotatable bonds is 5. The maximum absolute atomic E-state index is 12.6. The molecule has 1 unspecified atom stereocenters. The molecule has 0 aromatic heterocycles. The lowest BCUT2D eigenvalue weighted by Crippen LogP contribution is -2.47. The molecule has 104 valence electrons. The number of hydrogen-bond acceptors (Lipinski definition) is 3. The molecule has 0 saturated heterocycles. The van der Waals surface area contributed by atoms with E-state index in [2.05, 4.69) is 15.9 Å². The van der Waals surface area contributed by atoms with E-state index in [-0.39, 0.29) is 17.8 Å². The highest BCUT2D eigenvalue weighted by Crippen LogP contribution is 2.33. The number of alkyl halides is 1. The molecule has 0 spiro atoms. The van der Waals surface area contributed by atoms with E-state index in [1.165, 1.54) is 0 Å². The Kier molecular flexibility index (Phi) is 5.29. The summed E-state index contributed by atoms with van der Waals surface area (Å²) in [5.41, 5.74) is 0.494. The number of halogens is 1. The lowest BCUT2D eigenvalue weighted by atomic mass is 9.87. The molecule has 1 atom stereocenters. The SMILES string of the molecule is CC(C)OC(=O)C(Br)(C(=O)c1ccccc1)C(C)C. The zero-order valence-electron chi connectivity index (χ0n) is 11.6. The second-order valence-electron chi connectivity index (χ2n) is 5.02. The topological polar surface area (TPSA) is 43.4 Å². The third-order valence-corrected chi connectivity index (χ3v) is 4.40. The van der Waals surface area contributed by atoms with Crippen LogP contribution in [0.2, 0.25) is 0 Å². The fourth-order valence-corrected chi connectivity index (χ4v) is 2.01. The highest BCUT2D eigenvalue weighted by atomic mass is 79.9. The van der Waals surface area contributed by atoms with Crippen molar-refractivity contribution in [2.75, 3.05) is 0 Å². The van der Waals surface area contributed by atoms with Gasteiger partial charge in [-0.3, -0.25) is 9.59 Å². The van der Waals surface area contributed by atoms with Gasteiger partial charge in [0.25, 0.3) is 0 Å². The third kappa shape index (κ3) is 3.44. The van der Waals surface area contributed by atoms with Crippen LogP contribution < -0.4 is 0 Å². The van der Waals surface area contributed by atoms with Crippen LogP contribution in [0.25, 0.3) is 0 Å². The second kappa shape index (κ2) is 6.33. The minimum Gasteiger partial charge on any atom is -0.462 e. The summed E-state index contributed by atoms with van der Waals surface area (Å²) < 4.78 is 3.88. The Hall–Kier alpha value is -1.16. The van der Waals surface area contributed by atoms with Gasteiger partial charge in [-0.2, -0.15) is 0 Å². The number of ether oxygens (including phenoxy) is 1. The van der Waals surface area contributed by atoms with Gasteiger partial charge in [0.05, 0.1) is 6.10 Å². The summed E-state index contributed by atoms with van der Waals surface area (Å²) in [5.74, 6) is -1.02. The number of esters is 1. The monoisotopic (exact) mass is 326 g/mol. The van der Waals surface area contributed by atoms with Crippen LogP contribution in [-0.4, -0.2) is 22.2 Å². The molecular weight excluding hydrogens is 308 g/mol. The van der Waals surface area contributed by atoms with Gasteiger partial charge >= 0.3 is 5.97 Å². The van der Waals surface area contributed by atoms with Crippen molar-refractivity contribution in [3.63, 3.8) is 0 Å². The summed E-state index contributed by atoms with van der Waals surface area (Å²) >= 11 is 3.32. The zero-order chi connectivity index (χ0) is 14.6. The summed E-state index contributed by atoms with van der Waals surface area (Å²) in [7, 11) is 0. The maximum Gasteiger partial charge on any atom is 0.331 e. The van der Waals surface area contributed by atoms with E-state index in [1.807, 2.05) is 19.9 Å². The van der Waals surface area contributed by atoms with Gasteiger partial charge in [0.2, 0.25) is 0 Å². The average molecular weight is 327 g/mol. The predicted molar refractivity (Wildman–Crippen MR) is 78.5 cm³/mol. The first-order valence-corrected chi connectivity index (χ1v) is 7.09. The van der Waals surface area contributed by atoms with Crippen molar-refractivity contribution in [2.45, 2.75) is 38.1 Å². The second-order valence-corrected chi connectivity index (χ2v) is 6.27. The molecule has 0 aliphatic heterocycles. The van der Waals surface area contributed by atoms with Crippen molar-refractivity contribution >= 4 is 27.7 Å². The number of benzene rings is 1. The number of hydrogen-bond donors (Lipinski definition) is 0. The van der Waals surface area contributed by atoms with E-state index in [1.54, 1.807) is 38.1 Å². The first-order chi connectivity index (χ1) is 8.80. The largest absolute Gasteiger partial charge is 0.462 e. The van der Waals surface area contributed by atoms with E-state index >= 15 is 0 Å². The van der Waals surface area contributed by atoms with Gasteiger partial charge in [-0.25, -0.2) is 0 Å². The van der Waals surface area contributed by atoms with Crippen LogP contribution in [0, 0.1) is 5.92 Å². The molecule has 0 aliphatic carbocycles. The van der Waals surface area contributed by atoms with Crippen molar-refractivity contribution in [2.24, 2.45) is 5.92 Å². The summed E-state index contributed by atoms with van der Waals surface area (Å²) in [6, 6.07) is 8.77. The fraction of sp³-hybridized carbons (Fsp3) is 0.467. The van der Waals surface area contributed by atoms with E-state index in [0.717, 1.165) is 0 Å². The van der Waals surface area contributed by atoms with E-state index < -0.39 is 10.3 Å². The van der Waals surface area contributed by atoms with Crippen LogP contribution in [-0.2, 0) is 9.53 Å². The van der Waals surface area contributed by atoms with Crippen molar-refractivity contribution < 1.29 is 14.3 Å². The quantitative estimate of drug-likeness (QED) is 0.359. The molecule has 1 aromatic rings. The minimum atomic E-state index is -1.33. The molecule has 19 heavy (non-hydrogen) atoms. The number of Topliss-reactive ketones (excluding diaryl/α,β-unsaturated/α-hetero) is 1. The van der Waals surface area contributed by atoms with Gasteiger partial charge in [0.1, 0.15) is 0 Å². The molecule has 0 fully saturated rings. The highest BCUT2D eigenvalue weighted by molar-refractivity contribution is 9.10. The van der Waals surface area contributed by atoms with E-state index in [9.17, 15) is 9.59 Å². The third-order valence-electron chi connectivity index (χ3n) is 2.80. The molecule has 1 aromatic carbocycles. The van der Waals surface area contributed by atoms with Gasteiger partial charge in [-0.15, -0.1) is 0 Å². The van der Waals surface area contributed by atoms with E-state index in [4.69, 9.17) is 4.74 Å². The van der Waals surface area contributed by atoms with Gasteiger partial charge in [0.15, 0.2) is 10.1 Å². The molecule has 4 heteroatoms. The molecule has 1 rings (SSSR count). The summed E-state index contributed by atoms with van der Waals surface area (Å²) in [6.45, 7) is 7.16. The maximum atomic E-state index is 12.6. The lowest BCUT2D eigenvalue weighted by Gasteiger charge is -2.28. The molecule has 0 amide bonds. The van der Waals surface area contributed by atoms with Gasteiger partial charge in [-0.1, -0.05) is 60.1 Å². The first-order valence-electron chi connectivity index (χ1n) is 6.30. The average Bonchev–Trinajstić information content (AvgIpc) is 2.36. The van der Waals surface area contributed by atoms with Crippen LogP contribution in [0.4, 0.5) is 0 Å². The summed E-state index contributed by atoms with van der Waals surface area (Å²) in [5, 5.41) is 0. The normalized spacial score (nSPS) is 14.3. The standard InChI is InChI=1S/C15H19BrO3/c1-10(2)15(16,14(18)19-11(3)4)13(17)12-8-6-5-7-9-12/h5-11H,1-4H3. The van der Waals surface area contributed by atoms with Gasteiger partial charge < -0.3 is 4.74 Å². The Morgan fingerprint density at radius 3 is 2.05 bits per heavy atom. The predicted octanol–water partition coefficient (Wildman–Crippen LogP) is 3.61. The number of ketones is 1. The smallest absolute Gasteiger partial charge is 0.331 e. The molecular formula is C15H19BrO3. The van der Waals surface area contributed by atoms with Crippen LogP contribution in [0.15, 0.2) is 30.3 Å². The Labute approximate surface area is 122 Å². The van der Waals surface area contributed by atoms with Gasteiger partial charge in [-0.05, 0) is 19.8 Å². The molecule has 0 bridgehead atoms. The van der Waals surface area contributed by atoms with Gasteiger partial charge in [0, 0.05) is 5.56 Å². The first kappa shape index (κ1) is 15.9. The van der Waals surface area contributed by atoms with Crippen LogP contribution in [0.3, 0.4) is 0 Å². The Morgan fingerprint density at radius 1 is 1.11 bits per heavy atom. The Morgan fingerprint density at radius 2 is 1.63 bits per heavy atom. The molecule has 0 aliphatic rings. The Bertz CT molecular complexity index is 454. The number of carbonyl (C=O) groups excluding carboxylic acids is 2. The molecule has 0 saturated carbocycles.